The van der Waals surface area contributed by atoms with Gasteiger partial charge in [0.05, 0.1) is 10.6 Å². The Hall–Kier alpha value is -2.03. The van der Waals surface area contributed by atoms with Gasteiger partial charge in [-0.25, -0.2) is 15.0 Å². The van der Waals surface area contributed by atoms with Gasteiger partial charge in [0, 0.05) is 43.0 Å². The molecule has 0 aliphatic carbocycles. The van der Waals surface area contributed by atoms with Gasteiger partial charge >= 0.3 is 0 Å². The number of nitrogens with zero attached hydrogens (tertiary/aromatic N) is 4. The molecule has 0 saturated carbocycles. The van der Waals surface area contributed by atoms with Crippen LogP contribution >= 0.6 is 23.1 Å². The molecule has 1 aliphatic heterocycles. The lowest BCUT2D eigenvalue weighted by atomic mass is 9.94. The lowest BCUT2D eigenvalue weighted by Gasteiger charge is -2.32. The van der Waals surface area contributed by atoms with Gasteiger partial charge in [0.2, 0.25) is 0 Å². The van der Waals surface area contributed by atoms with Crippen molar-refractivity contribution in [1.82, 2.24) is 24.8 Å². The lowest BCUT2D eigenvalue weighted by molar-refractivity contribution is 0.198. The van der Waals surface area contributed by atoms with Crippen LogP contribution in [0.1, 0.15) is 36.9 Å². The zero-order valence-electron chi connectivity index (χ0n) is 15.8. The number of rotatable bonds is 6. The van der Waals surface area contributed by atoms with Crippen LogP contribution in [0.25, 0.3) is 10.7 Å². The molecule has 1 N–H and O–H groups in total. The highest BCUT2D eigenvalue weighted by atomic mass is 32.2. The third kappa shape index (κ3) is 4.68. The largest absolute Gasteiger partial charge is 0.306 e. The van der Waals surface area contributed by atoms with Crippen LogP contribution < -0.4 is 5.56 Å². The number of likely N-dealkylation sites (tertiary alicyclic amines) is 1. The number of hydrogen-bond acceptors (Lipinski definition) is 7. The summed E-state index contributed by atoms with van der Waals surface area (Å²) in [5.74, 6) is 1.92. The van der Waals surface area contributed by atoms with Gasteiger partial charge in [-0.2, -0.15) is 0 Å². The SMILES string of the molecule is CCSc1ncc(CN2CCC[C@H](c3cc(=O)[nH]c(-c4cccs4)n3)C2)cn1. The van der Waals surface area contributed by atoms with Crippen LogP contribution in [-0.2, 0) is 6.54 Å². The normalized spacial score (nSPS) is 17.7. The third-order valence-electron chi connectivity index (χ3n) is 4.80. The van der Waals surface area contributed by atoms with Gasteiger partial charge in [-0.1, -0.05) is 24.8 Å². The van der Waals surface area contributed by atoms with E-state index in [2.05, 4.69) is 26.8 Å². The topological polar surface area (TPSA) is 74.8 Å². The minimum absolute atomic E-state index is 0.0806. The molecule has 0 amide bonds. The first-order valence-electron chi connectivity index (χ1n) is 9.52. The first-order valence-corrected chi connectivity index (χ1v) is 11.4. The molecule has 28 heavy (non-hydrogen) atoms. The predicted molar refractivity (Wildman–Crippen MR) is 114 cm³/mol. The van der Waals surface area contributed by atoms with E-state index in [1.165, 1.54) is 0 Å². The molecule has 146 valence electrons. The second-order valence-electron chi connectivity index (χ2n) is 6.88. The Morgan fingerprint density at radius 1 is 1.36 bits per heavy atom. The van der Waals surface area contributed by atoms with Crippen molar-refractivity contribution in [2.75, 3.05) is 18.8 Å². The van der Waals surface area contributed by atoms with Crippen molar-refractivity contribution < 1.29 is 0 Å². The minimum atomic E-state index is -0.0806. The van der Waals surface area contributed by atoms with Crippen LogP contribution in [-0.4, -0.2) is 43.7 Å². The Bertz CT molecular complexity index is 955. The highest BCUT2D eigenvalue weighted by molar-refractivity contribution is 7.99. The zero-order chi connectivity index (χ0) is 19.3. The van der Waals surface area contributed by atoms with Gasteiger partial charge in [0.15, 0.2) is 5.16 Å². The number of hydrogen-bond donors (Lipinski definition) is 1. The predicted octanol–water partition coefficient (Wildman–Crippen LogP) is 3.78. The van der Waals surface area contributed by atoms with E-state index in [0.29, 0.717) is 5.82 Å². The molecule has 1 atom stereocenters. The molecule has 0 bridgehead atoms. The van der Waals surface area contributed by atoms with E-state index >= 15 is 0 Å². The number of H-pyrrole nitrogens is 1. The van der Waals surface area contributed by atoms with Crippen molar-refractivity contribution in [3.63, 3.8) is 0 Å². The maximum absolute atomic E-state index is 12.2. The van der Waals surface area contributed by atoms with E-state index in [1.54, 1.807) is 29.2 Å². The molecule has 1 fully saturated rings. The highest BCUT2D eigenvalue weighted by Crippen LogP contribution is 2.28. The summed E-state index contributed by atoms with van der Waals surface area (Å²) in [5.41, 5.74) is 1.94. The van der Waals surface area contributed by atoms with E-state index in [4.69, 9.17) is 4.98 Å². The van der Waals surface area contributed by atoms with Crippen molar-refractivity contribution >= 4 is 23.1 Å². The van der Waals surface area contributed by atoms with Gasteiger partial charge in [-0.15, -0.1) is 11.3 Å². The Labute approximate surface area is 172 Å². The molecular formula is C20H23N5OS2. The monoisotopic (exact) mass is 413 g/mol. The van der Waals surface area contributed by atoms with Crippen LogP contribution in [0.5, 0.6) is 0 Å². The van der Waals surface area contributed by atoms with Crippen molar-refractivity contribution in [3.05, 3.63) is 57.6 Å². The van der Waals surface area contributed by atoms with E-state index in [9.17, 15) is 4.79 Å². The van der Waals surface area contributed by atoms with Gasteiger partial charge < -0.3 is 4.98 Å². The van der Waals surface area contributed by atoms with Crippen molar-refractivity contribution in [2.45, 2.75) is 37.4 Å². The van der Waals surface area contributed by atoms with Crippen molar-refractivity contribution in [1.29, 1.82) is 0 Å². The molecule has 0 aromatic carbocycles. The quantitative estimate of drug-likeness (QED) is 0.490. The Morgan fingerprint density at radius 3 is 2.96 bits per heavy atom. The number of thioether (sulfide) groups is 1. The molecule has 6 nitrogen and oxygen atoms in total. The Kier molecular flexibility index (Phi) is 6.19. The van der Waals surface area contributed by atoms with Crippen molar-refractivity contribution in [3.8, 4) is 10.7 Å². The average Bonchev–Trinajstić information content (AvgIpc) is 3.24. The molecular weight excluding hydrogens is 390 g/mol. The number of aromatic amines is 1. The molecule has 3 aromatic heterocycles. The van der Waals surface area contributed by atoms with Crippen LogP contribution in [0.4, 0.5) is 0 Å². The number of nitrogens with one attached hydrogen (secondary N) is 1. The molecule has 0 radical (unpaired) electrons. The molecule has 0 spiro atoms. The average molecular weight is 414 g/mol. The summed E-state index contributed by atoms with van der Waals surface area (Å²) < 4.78 is 0. The molecule has 3 aromatic rings. The number of piperidine rings is 1. The third-order valence-corrected chi connectivity index (χ3v) is 6.44. The van der Waals surface area contributed by atoms with Gasteiger partial charge in [0.25, 0.3) is 5.56 Å². The summed E-state index contributed by atoms with van der Waals surface area (Å²) >= 11 is 3.24. The summed E-state index contributed by atoms with van der Waals surface area (Å²) in [4.78, 5) is 32.1. The lowest BCUT2D eigenvalue weighted by Crippen LogP contribution is -2.34. The number of thiophene rings is 1. The first kappa shape index (κ1) is 19.3. The fourth-order valence-corrected chi connectivity index (χ4v) is 4.72. The minimum Gasteiger partial charge on any atom is -0.306 e. The molecule has 1 saturated heterocycles. The van der Waals surface area contributed by atoms with Crippen LogP contribution in [0, 0.1) is 0 Å². The summed E-state index contributed by atoms with van der Waals surface area (Å²) in [6.07, 6.45) is 6.00. The van der Waals surface area contributed by atoms with E-state index in [-0.39, 0.29) is 11.5 Å². The maximum Gasteiger partial charge on any atom is 0.251 e. The molecule has 4 heterocycles. The second kappa shape index (κ2) is 8.98. The van der Waals surface area contributed by atoms with Crippen molar-refractivity contribution in [2.24, 2.45) is 0 Å². The molecule has 1 aliphatic rings. The molecule has 4 rings (SSSR count). The number of aromatic nitrogens is 4. The molecule has 0 unspecified atom stereocenters. The van der Waals surface area contributed by atoms with Gasteiger partial charge in [0.1, 0.15) is 5.82 Å². The fourth-order valence-electron chi connectivity index (χ4n) is 3.54. The highest BCUT2D eigenvalue weighted by Gasteiger charge is 2.23. The van der Waals surface area contributed by atoms with Gasteiger partial charge in [-0.3, -0.25) is 9.69 Å². The Balaban J connectivity index is 1.47. The van der Waals surface area contributed by atoms with E-state index in [0.717, 1.165) is 59.5 Å². The fraction of sp³-hybridized carbons (Fsp3) is 0.400. The van der Waals surface area contributed by atoms with Gasteiger partial charge in [-0.05, 0) is 36.6 Å². The van der Waals surface area contributed by atoms with E-state index in [1.807, 2.05) is 29.9 Å². The standard InChI is InChI=1S/C20H23N5OS2/c1-2-27-20-21-10-14(11-22-20)12-25-7-3-5-15(13-25)16-9-18(26)24-19(23-16)17-6-4-8-28-17/h4,6,8-11,15H,2-3,5,7,12-13H2,1H3,(H,23,24,26)/t15-/m0/s1. The summed E-state index contributed by atoms with van der Waals surface area (Å²) in [7, 11) is 0. The van der Waals surface area contributed by atoms with E-state index < -0.39 is 0 Å². The Morgan fingerprint density at radius 2 is 2.21 bits per heavy atom. The maximum atomic E-state index is 12.2. The zero-order valence-corrected chi connectivity index (χ0v) is 17.4. The smallest absolute Gasteiger partial charge is 0.251 e. The van der Waals surface area contributed by atoms with Crippen LogP contribution in [0.3, 0.4) is 0 Å². The summed E-state index contributed by atoms with van der Waals surface area (Å²) in [6, 6.07) is 5.62. The van der Waals surface area contributed by atoms with Crippen LogP contribution in [0.2, 0.25) is 0 Å². The first-order chi connectivity index (χ1) is 13.7. The summed E-state index contributed by atoms with van der Waals surface area (Å²) in [6.45, 7) is 4.87. The summed E-state index contributed by atoms with van der Waals surface area (Å²) in [5, 5.41) is 2.83. The molecule has 8 heteroatoms. The second-order valence-corrected chi connectivity index (χ2v) is 9.06. The van der Waals surface area contributed by atoms with Crippen LogP contribution in [0.15, 0.2) is 45.9 Å².